The molecule has 1 saturated heterocycles. The molecule has 0 spiro atoms. The summed E-state index contributed by atoms with van der Waals surface area (Å²) in [5.41, 5.74) is -1.32. The molecule has 0 aromatic carbocycles. The first kappa shape index (κ1) is 26.3. The Morgan fingerprint density at radius 1 is 1.16 bits per heavy atom. The molecule has 0 aromatic rings. The van der Waals surface area contributed by atoms with Crippen LogP contribution >= 0.6 is 0 Å². The number of carbonyl (C=O) groups excluding carboxylic acids is 4. The van der Waals surface area contributed by atoms with Crippen molar-refractivity contribution in [2.24, 2.45) is 28.6 Å². The molecule has 0 radical (unpaired) electrons. The van der Waals surface area contributed by atoms with Crippen molar-refractivity contribution >= 4 is 23.5 Å². The average molecular weight is 515 g/mol. The van der Waals surface area contributed by atoms with Crippen LogP contribution in [0.1, 0.15) is 73.1 Å². The third kappa shape index (κ3) is 3.85. The molecule has 4 aliphatic carbocycles. The number of hydrogen-bond donors (Lipinski definition) is 0. The Hall–Kier alpha value is -2.32. The van der Waals surface area contributed by atoms with Gasteiger partial charge >= 0.3 is 11.9 Å². The van der Waals surface area contributed by atoms with E-state index in [0.29, 0.717) is 19.3 Å². The zero-order valence-electron chi connectivity index (χ0n) is 22.4. The van der Waals surface area contributed by atoms with Crippen molar-refractivity contribution in [1.29, 1.82) is 0 Å². The summed E-state index contributed by atoms with van der Waals surface area (Å²) < 4.78 is 24.2. The molecule has 0 unspecified atom stereocenters. The van der Waals surface area contributed by atoms with Crippen molar-refractivity contribution in [3.05, 3.63) is 23.8 Å². The van der Waals surface area contributed by atoms with Crippen LogP contribution in [0, 0.1) is 28.6 Å². The molecule has 0 amide bonds. The topological polar surface area (TPSA) is 105 Å². The van der Waals surface area contributed by atoms with E-state index < -0.39 is 40.9 Å². The largest absolute Gasteiger partial charge is 0.462 e. The van der Waals surface area contributed by atoms with E-state index in [0.717, 1.165) is 24.8 Å². The number of ether oxygens (including phenoxy) is 4. The summed E-state index contributed by atoms with van der Waals surface area (Å²) in [5.74, 6) is -1.03. The standard InChI is InChI=1S/C29H38O8/c1-6-7-25-36-24-13-21-20-9-8-18-12-19(32)10-11-27(18,4)26(20)22(35-17(3)31)14-28(21,5)29(24,37-25)23(33)15-34-16(2)30/h10-12,20-22,24-26H,6-9,13-15H2,1-5H3/t20-,21+,22+,24+,25+,26-,27-,28+,29+/m0/s1. The van der Waals surface area contributed by atoms with Crippen molar-refractivity contribution in [2.45, 2.75) is 97.2 Å². The number of esters is 2. The van der Waals surface area contributed by atoms with Gasteiger partial charge in [-0.1, -0.05) is 38.8 Å². The second kappa shape index (κ2) is 9.16. The van der Waals surface area contributed by atoms with Crippen molar-refractivity contribution in [3.63, 3.8) is 0 Å². The van der Waals surface area contributed by atoms with Gasteiger partial charge in [0.2, 0.25) is 5.78 Å². The van der Waals surface area contributed by atoms with Gasteiger partial charge in [-0.25, -0.2) is 0 Å². The summed E-state index contributed by atoms with van der Waals surface area (Å²) in [4.78, 5) is 50.1. The third-order valence-corrected chi connectivity index (χ3v) is 9.93. The van der Waals surface area contributed by atoms with E-state index in [1.165, 1.54) is 13.8 Å². The average Bonchev–Trinajstić information content (AvgIpc) is 3.29. The summed E-state index contributed by atoms with van der Waals surface area (Å²) in [6.45, 7) is 8.57. The summed E-state index contributed by atoms with van der Waals surface area (Å²) in [7, 11) is 0. The maximum Gasteiger partial charge on any atom is 0.303 e. The van der Waals surface area contributed by atoms with Crippen LogP contribution in [0.2, 0.25) is 0 Å². The number of ketones is 2. The molecule has 5 aliphatic rings. The number of fused-ring (bicyclic) bond motifs is 7. The van der Waals surface area contributed by atoms with Crippen molar-refractivity contribution in [3.8, 4) is 0 Å². The van der Waals surface area contributed by atoms with Crippen molar-refractivity contribution in [1.82, 2.24) is 0 Å². The first-order chi connectivity index (χ1) is 17.5. The van der Waals surface area contributed by atoms with Crippen LogP contribution in [0.4, 0.5) is 0 Å². The van der Waals surface area contributed by atoms with Crippen LogP contribution in [0.15, 0.2) is 23.8 Å². The number of rotatable bonds is 6. The van der Waals surface area contributed by atoms with Gasteiger partial charge in [-0.15, -0.1) is 0 Å². The Morgan fingerprint density at radius 3 is 2.59 bits per heavy atom. The molecule has 0 N–H and O–H groups in total. The first-order valence-electron chi connectivity index (χ1n) is 13.6. The van der Waals surface area contributed by atoms with Crippen LogP contribution in [-0.2, 0) is 38.1 Å². The van der Waals surface area contributed by atoms with E-state index in [9.17, 15) is 19.2 Å². The summed E-state index contributed by atoms with van der Waals surface area (Å²) in [6.07, 6.45) is 8.07. The fourth-order valence-corrected chi connectivity index (χ4v) is 8.57. The summed E-state index contributed by atoms with van der Waals surface area (Å²) in [6, 6.07) is 0. The molecule has 4 fully saturated rings. The minimum Gasteiger partial charge on any atom is -0.462 e. The normalized spacial score (nSPS) is 43.7. The molecule has 0 aromatic heterocycles. The lowest BCUT2D eigenvalue weighted by Gasteiger charge is -2.60. The van der Waals surface area contributed by atoms with Gasteiger partial charge in [0.15, 0.2) is 24.3 Å². The Bertz CT molecular complexity index is 1080. The zero-order chi connectivity index (χ0) is 26.8. The van der Waals surface area contributed by atoms with Crippen molar-refractivity contribution in [2.75, 3.05) is 6.61 Å². The zero-order valence-corrected chi connectivity index (χ0v) is 22.4. The number of hydrogen-bond acceptors (Lipinski definition) is 8. The molecule has 5 rings (SSSR count). The van der Waals surface area contributed by atoms with Gasteiger partial charge in [0.1, 0.15) is 6.10 Å². The lowest BCUT2D eigenvalue weighted by molar-refractivity contribution is -0.208. The molecule has 37 heavy (non-hydrogen) atoms. The van der Waals surface area contributed by atoms with E-state index >= 15 is 0 Å². The second-order valence-electron chi connectivity index (χ2n) is 11.9. The predicted molar refractivity (Wildman–Crippen MR) is 132 cm³/mol. The molecule has 202 valence electrons. The monoisotopic (exact) mass is 514 g/mol. The molecule has 0 bridgehead atoms. The van der Waals surface area contributed by atoms with E-state index in [1.807, 2.05) is 13.0 Å². The highest BCUT2D eigenvalue weighted by molar-refractivity contribution is 6.01. The highest BCUT2D eigenvalue weighted by atomic mass is 16.7. The van der Waals surface area contributed by atoms with E-state index in [-0.39, 0.29) is 41.9 Å². The quantitative estimate of drug-likeness (QED) is 0.492. The van der Waals surface area contributed by atoms with Gasteiger partial charge in [0.05, 0.1) is 6.10 Å². The molecule has 8 heteroatoms. The highest BCUT2D eigenvalue weighted by Gasteiger charge is 2.76. The molecule has 1 aliphatic heterocycles. The van der Waals surface area contributed by atoms with Gasteiger partial charge in [-0.05, 0) is 56.1 Å². The van der Waals surface area contributed by atoms with Gasteiger partial charge in [-0.3, -0.25) is 19.2 Å². The van der Waals surface area contributed by atoms with Crippen LogP contribution in [-0.4, -0.2) is 54.2 Å². The van der Waals surface area contributed by atoms with Crippen LogP contribution in [0.25, 0.3) is 0 Å². The van der Waals surface area contributed by atoms with E-state index in [4.69, 9.17) is 18.9 Å². The van der Waals surface area contributed by atoms with Crippen molar-refractivity contribution < 1.29 is 38.1 Å². The Labute approximate surface area is 218 Å². The maximum absolute atomic E-state index is 13.9. The van der Waals surface area contributed by atoms with Crippen LogP contribution in [0.3, 0.4) is 0 Å². The summed E-state index contributed by atoms with van der Waals surface area (Å²) in [5, 5.41) is 0. The Balaban J connectivity index is 1.59. The highest BCUT2D eigenvalue weighted by Crippen LogP contribution is 2.70. The number of allylic oxidation sites excluding steroid dienone is 4. The molecule has 8 nitrogen and oxygen atoms in total. The minimum absolute atomic E-state index is 0.00945. The molecule has 9 atom stereocenters. The lowest BCUT2D eigenvalue weighted by Crippen LogP contribution is -2.64. The lowest BCUT2D eigenvalue weighted by atomic mass is 9.46. The third-order valence-electron chi connectivity index (χ3n) is 9.93. The SMILES string of the molecule is CCC[C@@H]1O[C@@H]2C[C@@H]3[C@@H]4CCC5=CC(=O)C=C[C@]5(C)[C@@H]4[C@H](OC(C)=O)C[C@@]3(C)[C@]2(C(=O)COC(C)=O)O1. The molecular formula is C29H38O8. The molecule has 3 saturated carbocycles. The van der Waals surface area contributed by atoms with Gasteiger partial charge in [0.25, 0.3) is 0 Å². The number of Topliss-reactive ketones (excluding diaryl/α,β-unsaturated/α-hetero) is 1. The Kier molecular flexibility index (Phi) is 6.51. The van der Waals surface area contributed by atoms with Gasteiger partial charge in [0, 0.05) is 30.6 Å². The second-order valence-corrected chi connectivity index (χ2v) is 11.9. The van der Waals surface area contributed by atoms with Crippen LogP contribution in [0.5, 0.6) is 0 Å². The summed E-state index contributed by atoms with van der Waals surface area (Å²) >= 11 is 0. The van der Waals surface area contributed by atoms with Crippen LogP contribution < -0.4 is 0 Å². The Morgan fingerprint density at radius 2 is 1.92 bits per heavy atom. The molecular weight excluding hydrogens is 476 g/mol. The number of carbonyl (C=O) groups is 4. The van der Waals surface area contributed by atoms with E-state index in [2.05, 4.69) is 13.8 Å². The first-order valence-corrected chi connectivity index (χ1v) is 13.6. The smallest absolute Gasteiger partial charge is 0.303 e. The molecule has 1 heterocycles. The fraction of sp³-hybridized carbons (Fsp3) is 0.724. The maximum atomic E-state index is 13.9. The fourth-order valence-electron chi connectivity index (χ4n) is 8.57. The van der Waals surface area contributed by atoms with E-state index in [1.54, 1.807) is 12.2 Å². The van der Waals surface area contributed by atoms with Gasteiger partial charge < -0.3 is 18.9 Å². The predicted octanol–water partition coefficient (Wildman–Crippen LogP) is 3.86. The van der Waals surface area contributed by atoms with Gasteiger partial charge in [-0.2, -0.15) is 0 Å². The minimum atomic E-state index is -1.29.